The van der Waals surface area contributed by atoms with Crippen molar-refractivity contribution in [2.24, 2.45) is 35.0 Å². The first kappa shape index (κ1) is 32.8. The molecule has 0 aromatic heterocycles. The number of carbonyl (C=O) groups excluding carboxylic acids is 1. The molecule has 6 rings (SSSR count). The van der Waals surface area contributed by atoms with Crippen LogP contribution < -0.4 is 0 Å². The molecule has 0 radical (unpaired) electrons. The van der Waals surface area contributed by atoms with Gasteiger partial charge in [-0.2, -0.15) is 0 Å². The quantitative estimate of drug-likeness (QED) is 0.130. The molecular weight excluding hydrogens is 572 g/mol. The summed E-state index contributed by atoms with van der Waals surface area (Å²) in [6, 6.07) is 0. The van der Waals surface area contributed by atoms with Gasteiger partial charge in [-0.25, -0.2) is 0 Å². The molecule has 1 unspecified atom stereocenters. The Labute approximate surface area is 259 Å². The standard InChI is InChI=1S/C33H52O11/c1-15(20(13-32(6,40)30(3,4)39)41-29-26(38)25(37)24(36)21(14-34)42-29)18-7-8-19-23-17(9-11-31(18,19)5)16(2)33(28-27(23)43-28)12-10-22(35)44-33/h9,15-16,18-21,23-29,34,36-40H,7-8,10-14H2,1-6H3/t15-,16-,18-,19-,20+,21+,23+,24+,25?,26+,27-,28+,29+,31+,32-,33+/m0/s1. The Hall–Kier alpha value is -1.15. The average molecular weight is 625 g/mol. The van der Waals surface area contributed by atoms with Crippen molar-refractivity contribution in [1.29, 1.82) is 0 Å². The minimum atomic E-state index is -1.59. The van der Waals surface area contributed by atoms with Gasteiger partial charge in [0.05, 0.1) is 30.0 Å². The third kappa shape index (κ3) is 4.92. The van der Waals surface area contributed by atoms with Crippen molar-refractivity contribution in [3.63, 3.8) is 0 Å². The molecule has 11 heteroatoms. The van der Waals surface area contributed by atoms with Crippen LogP contribution in [0.25, 0.3) is 0 Å². The lowest BCUT2D eigenvalue weighted by atomic mass is 9.53. The van der Waals surface area contributed by atoms with Crippen LogP contribution in [-0.4, -0.2) is 109 Å². The normalized spacial score (nSPS) is 49.3. The maximum atomic E-state index is 12.2. The molecule has 2 saturated carbocycles. The Bertz CT molecular complexity index is 1150. The van der Waals surface area contributed by atoms with E-state index in [9.17, 15) is 35.4 Å². The molecule has 0 amide bonds. The summed E-state index contributed by atoms with van der Waals surface area (Å²) in [6.45, 7) is 10.6. The van der Waals surface area contributed by atoms with Crippen molar-refractivity contribution in [2.45, 2.75) is 146 Å². The first-order valence-corrected chi connectivity index (χ1v) is 16.4. The van der Waals surface area contributed by atoms with Crippen LogP contribution in [-0.2, 0) is 23.7 Å². The van der Waals surface area contributed by atoms with E-state index >= 15 is 0 Å². The van der Waals surface area contributed by atoms with Gasteiger partial charge in [-0.1, -0.05) is 32.4 Å². The van der Waals surface area contributed by atoms with Crippen LogP contribution in [0.5, 0.6) is 0 Å². The Morgan fingerprint density at radius 2 is 1.80 bits per heavy atom. The zero-order valence-electron chi connectivity index (χ0n) is 26.8. The highest BCUT2D eigenvalue weighted by atomic mass is 16.7. The molecule has 3 saturated heterocycles. The smallest absolute Gasteiger partial charge is 0.306 e. The topological polar surface area (TPSA) is 179 Å². The summed E-state index contributed by atoms with van der Waals surface area (Å²) in [5.41, 5.74) is -2.38. The van der Waals surface area contributed by atoms with E-state index in [2.05, 4.69) is 26.8 Å². The molecule has 3 aliphatic carbocycles. The number of epoxide rings is 1. The number of allylic oxidation sites excluding steroid dienone is 1. The lowest BCUT2D eigenvalue weighted by Gasteiger charge is -2.52. The molecule has 0 bridgehead atoms. The third-order valence-electron chi connectivity index (χ3n) is 13.0. The van der Waals surface area contributed by atoms with Gasteiger partial charge < -0.3 is 49.6 Å². The molecular formula is C33H52O11. The van der Waals surface area contributed by atoms with E-state index in [0.29, 0.717) is 18.8 Å². The van der Waals surface area contributed by atoms with Crippen molar-refractivity contribution < 1.29 is 54.4 Å². The first-order chi connectivity index (χ1) is 20.5. The summed E-state index contributed by atoms with van der Waals surface area (Å²) in [4.78, 5) is 12.2. The van der Waals surface area contributed by atoms with Gasteiger partial charge in [-0.15, -0.1) is 0 Å². The molecule has 3 heterocycles. The molecule has 6 aliphatic rings. The number of aliphatic hydroxyl groups is 6. The summed E-state index contributed by atoms with van der Waals surface area (Å²) < 4.78 is 24.4. The second-order valence-corrected chi connectivity index (χ2v) is 15.7. The fourth-order valence-electron chi connectivity index (χ4n) is 9.69. The number of hydrogen-bond donors (Lipinski definition) is 6. The van der Waals surface area contributed by atoms with E-state index in [4.69, 9.17) is 18.9 Å². The van der Waals surface area contributed by atoms with E-state index in [1.54, 1.807) is 6.92 Å². The number of hydrogen-bond acceptors (Lipinski definition) is 11. The van der Waals surface area contributed by atoms with Crippen molar-refractivity contribution in [3.05, 3.63) is 11.6 Å². The Balaban J connectivity index is 1.27. The van der Waals surface area contributed by atoms with E-state index in [0.717, 1.165) is 19.3 Å². The van der Waals surface area contributed by atoms with Crippen LogP contribution >= 0.6 is 0 Å². The van der Waals surface area contributed by atoms with Crippen molar-refractivity contribution in [1.82, 2.24) is 0 Å². The number of fused-ring (bicyclic) bond motifs is 6. The van der Waals surface area contributed by atoms with Crippen molar-refractivity contribution >= 4 is 5.97 Å². The SMILES string of the molecule is C[C@H]([C@@H](C[C@](C)(O)C(C)(C)O)O[C@@H]1O[C@H](CO)[C@@H](O)C(O)[C@H]1O)[C@@H]1CC[C@H]2[C@H]3C(=CC[C@]12C)[C@H](C)[C@]1(CCC(=O)O1)[C@@H]1O[C@@H]31. The van der Waals surface area contributed by atoms with Gasteiger partial charge in [0.2, 0.25) is 0 Å². The summed E-state index contributed by atoms with van der Waals surface area (Å²) >= 11 is 0. The number of ether oxygens (including phenoxy) is 4. The van der Waals surface area contributed by atoms with Crippen LogP contribution in [0.15, 0.2) is 11.6 Å². The Morgan fingerprint density at radius 3 is 2.41 bits per heavy atom. The van der Waals surface area contributed by atoms with Crippen LogP contribution in [0.3, 0.4) is 0 Å². The predicted molar refractivity (Wildman–Crippen MR) is 156 cm³/mol. The Kier molecular flexibility index (Phi) is 8.16. The highest BCUT2D eigenvalue weighted by Gasteiger charge is 2.72. The summed E-state index contributed by atoms with van der Waals surface area (Å²) in [7, 11) is 0. The van der Waals surface area contributed by atoms with E-state index in [1.165, 1.54) is 19.4 Å². The van der Waals surface area contributed by atoms with Crippen LogP contribution in [0.2, 0.25) is 0 Å². The lowest BCUT2D eigenvalue weighted by molar-refractivity contribution is -0.320. The molecule has 250 valence electrons. The number of carbonyl (C=O) groups is 1. The second kappa shape index (κ2) is 11.0. The molecule has 0 aromatic carbocycles. The number of rotatable bonds is 8. The lowest BCUT2D eigenvalue weighted by Crippen LogP contribution is -2.61. The van der Waals surface area contributed by atoms with E-state index in [-0.39, 0.29) is 53.7 Å². The maximum Gasteiger partial charge on any atom is 0.306 e. The predicted octanol–water partition coefficient (Wildman–Crippen LogP) is 1.19. The molecule has 16 atom stereocenters. The van der Waals surface area contributed by atoms with Crippen LogP contribution in [0.4, 0.5) is 0 Å². The van der Waals surface area contributed by atoms with E-state index < -0.39 is 60.2 Å². The minimum absolute atomic E-state index is 0.0210. The van der Waals surface area contributed by atoms with Gasteiger partial charge in [0.25, 0.3) is 0 Å². The average Bonchev–Trinajstić information content (AvgIpc) is 3.55. The largest absolute Gasteiger partial charge is 0.456 e. The molecule has 11 nitrogen and oxygen atoms in total. The molecule has 5 fully saturated rings. The van der Waals surface area contributed by atoms with Crippen molar-refractivity contribution in [3.8, 4) is 0 Å². The molecule has 44 heavy (non-hydrogen) atoms. The zero-order chi connectivity index (χ0) is 32.1. The maximum absolute atomic E-state index is 12.2. The zero-order valence-corrected chi connectivity index (χ0v) is 26.8. The van der Waals surface area contributed by atoms with Gasteiger partial charge >= 0.3 is 5.97 Å². The highest BCUT2D eigenvalue weighted by Crippen LogP contribution is 2.68. The second-order valence-electron chi connectivity index (χ2n) is 15.7. The molecule has 3 aliphatic heterocycles. The number of esters is 1. The first-order valence-electron chi connectivity index (χ1n) is 16.4. The van der Waals surface area contributed by atoms with Gasteiger partial charge in [0, 0.05) is 31.1 Å². The van der Waals surface area contributed by atoms with Gasteiger partial charge in [0.1, 0.15) is 36.1 Å². The third-order valence-corrected chi connectivity index (χ3v) is 13.0. The van der Waals surface area contributed by atoms with E-state index in [1.807, 2.05) is 0 Å². The van der Waals surface area contributed by atoms with Crippen LogP contribution in [0, 0.1) is 35.0 Å². The molecule has 0 aromatic rings. The van der Waals surface area contributed by atoms with Gasteiger partial charge in [-0.3, -0.25) is 4.79 Å². The van der Waals surface area contributed by atoms with Crippen LogP contribution in [0.1, 0.15) is 80.1 Å². The number of aliphatic hydroxyl groups excluding tert-OH is 4. The summed E-state index contributed by atoms with van der Waals surface area (Å²) in [5.74, 6) is 0.497. The summed E-state index contributed by atoms with van der Waals surface area (Å²) in [6.07, 6.45) is -1.70. The molecule has 1 spiro atoms. The molecule has 6 N–H and O–H groups in total. The fraction of sp³-hybridized carbons (Fsp3) is 0.909. The van der Waals surface area contributed by atoms with Crippen molar-refractivity contribution in [2.75, 3.05) is 6.61 Å². The summed E-state index contributed by atoms with van der Waals surface area (Å²) in [5, 5.41) is 63.5. The monoisotopic (exact) mass is 624 g/mol. The highest BCUT2D eigenvalue weighted by molar-refractivity contribution is 5.73. The minimum Gasteiger partial charge on any atom is -0.456 e. The Morgan fingerprint density at radius 1 is 1.09 bits per heavy atom. The fourth-order valence-corrected chi connectivity index (χ4v) is 9.69. The van der Waals surface area contributed by atoms with Gasteiger partial charge in [-0.05, 0) is 63.2 Å². The van der Waals surface area contributed by atoms with Gasteiger partial charge in [0.15, 0.2) is 6.29 Å².